The highest BCUT2D eigenvalue weighted by molar-refractivity contribution is 6.06. The Balaban J connectivity index is 1.81. The maximum atomic E-state index is 13.8. The van der Waals surface area contributed by atoms with Gasteiger partial charge in [0.25, 0.3) is 5.91 Å². The number of hydrogen-bond acceptors (Lipinski definition) is 6. The number of carbonyl (C=O) groups excluding carboxylic acids is 1. The molecule has 4 rings (SSSR count). The third kappa shape index (κ3) is 4.09. The van der Waals surface area contributed by atoms with Gasteiger partial charge in [0, 0.05) is 11.8 Å². The average Bonchev–Trinajstić information content (AvgIpc) is 3.25. The van der Waals surface area contributed by atoms with Crippen LogP contribution in [0.25, 0.3) is 0 Å². The van der Waals surface area contributed by atoms with Crippen molar-refractivity contribution in [1.82, 2.24) is 14.8 Å². The second-order valence-electron chi connectivity index (χ2n) is 7.20. The van der Waals surface area contributed by atoms with Gasteiger partial charge < -0.3 is 20.1 Å². The van der Waals surface area contributed by atoms with Crippen LogP contribution in [0, 0.1) is 0 Å². The van der Waals surface area contributed by atoms with Gasteiger partial charge in [0.1, 0.15) is 23.9 Å². The van der Waals surface area contributed by atoms with Crippen molar-refractivity contribution >= 4 is 17.5 Å². The first-order valence-corrected chi connectivity index (χ1v) is 9.81. The number of ether oxygens (including phenoxy) is 2. The van der Waals surface area contributed by atoms with Gasteiger partial charge in [0.2, 0.25) is 5.95 Å². The van der Waals surface area contributed by atoms with Crippen LogP contribution in [0.15, 0.2) is 60.1 Å². The molecular weight excluding hydrogens is 439 g/mol. The van der Waals surface area contributed by atoms with E-state index in [0.717, 1.165) is 6.07 Å². The Kier molecular flexibility index (Phi) is 5.71. The molecule has 0 bridgehead atoms. The van der Waals surface area contributed by atoms with Crippen LogP contribution in [0.1, 0.15) is 24.1 Å². The van der Waals surface area contributed by atoms with E-state index < -0.39 is 23.7 Å². The highest BCUT2D eigenvalue weighted by Crippen LogP contribution is 2.42. The van der Waals surface area contributed by atoms with Crippen molar-refractivity contribution < 1.29 is 27.4 Å². The highest BCUT2D eigenvalue weighted by atomic mass is 19.4. The van der Waals surface area contributed by atoms with Crippen LogP contribution in [0.5, 0.6) is 11.5 Å². The molecule has 0 saturated heterocycles. The minimum Gasteiger partial charge on any atom is -0.497 e. The number of amides is 1. The molecule has 1 aromatic heterocycles. The van der Waals surface area contributed by atoms with Gasteiger partial charge in [-0.05, 0) is 30.7 Å². The molecule has 0 spiro atoms. The first-order chi connectivity index (χ1) is 15.7. The Labute approximate surface area is 187 Å². The lowest BCUT2D eigenvalue weighted by atomic mass is 9.91. The Morgan fingerprint density at radius 1 is 1.15 bits per heavy atom. The summed E-state index contributed by atoms with van der Waals surface area (Å²) >= 11 is 0. The number of anilines is 2. The van der Waals surface area contributed by atoms with Crippen molar-refractivity contribution in [2.45, 2.75) is 19.1 Å². The Bertz CT molecular complexity index is 1240. The Morgan fingerprint density at radius 3 is 2.61 bits per heavy atom. The van der Waals surface area contributed by atoms with Gasteiger partial charge in [0.15, 0.2) is 0 Å². The van der Waals surface area contributed by atoms with E-state index in [4.69, 9.17) is 9.47 Å². The number of hydrogen-bond donors (Lipinski definition) is 2. The number of rotatable bonds is 5. The summed E-state index contributed by atoms with van der Waals surface area (Å²) in [6.07, 6.45) is -3.41. The number of aromatic nitrogens is 3. The maximum Gasteiger partial charge on any atom is 0.416 e. The summed E-state index contributed by atoms with van der Waals surface area (Å²) in [6, 6.07) is 8.73. The molecule has 2 N–H and O–H groups in total. The smallest absolute Gasteiger partial charge is 0.416 e. The fraction of sp³-hybridized carbons (Fsp3) is 0.227. The zero-order valence-electron chi connectivity index (χ0n) is 17.9. The van der Waals surface area contributed by atoms with Crippen molar-refractivity contribution in [3.05, 3.63) is 71.2 Å². The van der Waals surface area contributed by atoms with Gasteiger partial charge >= 0.3 is 6.18 Å². The fourth-order valence-corrected chi connectivity index (χ4v) is 3.76. The highest BCUT2D eigenvalue weighted by Gasteiger charge is 2.40. The molecule has 172 valence electrons. The third-order valence-corrected chi connectivity index (χ3v) is 5.26. The SMILES string of the molecule is COc1ccc(NC(=O)C2=C(C)Nc3ncnn3[C@H]2c2ccccc2C(F)(F)F)c(OC)c1. The van der Waals surface area contributed by atoms with E-state index in [1.165, 1.54) is 43.4 Å². The van der Waals surface area contributed by atoms with Gasteiger partial charge in [-0.1, -0.05) is 18.2 Å². The van der Waals surface area contributed by atoms with Crippen LogP contribution < -0.4 is 20.1 Å². The number of halogens is 3. The third-order valence-electron chi connectivity index (χ3n) is 5.26. The molecule has 0 saturated carbocycles. The molecular formula is C22H20F3N5O3. The Hall–Kier alpha value is -4.02. The minimum atomic E-state index is -4.63. The van der Waals surface area contributed by atoms with Crippen LogP contribution in [0.2, 0.25) is 0 Å². The molecule has 1 atom stereocenters. The molecule has 33 heavy (non-hydrogen) atoms. The maximum absolute atomic E-state index is 13.8. The van der Waals surface area contributed by atoms with E-state index in [1.54, 1.807) is 25.1 Å². The van der Waals surface area contributed by atoms with Crippen molar-refractivity contribution in [1.29, 1.82) is 0 Å². The average molecular weight is 459 g/mol. The summed E-state index contributed by atoms with van der Waals surface area (Å²) in [7, 11) is 2.93. The molecule has 2 aromatic carbocycles. The first-order valence-electron chi connectivity index (χ1n) is 9.81. The summed E-state index contributed by atoms with van der Waals surface area (Å²) in [4.78, 5) is 17.5. The zero-order chi connectivity index (χ0) is 23.8. The first kappa shape index (κ1) is 22.2. The van der Waals surface area contributed by atoms with E-state index in [2.05, 4.69) is 20.7 Å². The molecule has 3 aromatic rings. The second kappa shape index (κ2) is 8.49. The number of allylic oxidation sites excluding steroid dienone is 1. The summed E-state index contributed by atoms with van der Waals surface area (Å²) in [5.41, 5.74) is -0.246. The van der Waals surface area contributed by atoms with Gasteiger partial charge in [-0.15, -0.1) is 0 Å². The number of nitrogens with one attached hydrogen (secondary N) is 2. The number of benzene rings is 2. The molecule has 1 aliphatic rings. The van der Waals surface area contributed by atoms with Crippen molar-refractivity contribution in [3.8, 4) is 11.5 Å². The summed E-state index contributed by atoms with van der Waals surface area (Å²) in [5.74, 6) is 0.460. The minimum absolute atomic E-state index is 0.0579. The topological polar surface area (TPSA) is 90.3 Å². The molecule has 0 fully saturated rings. The predicted octanol–water partition coefficient (Wildman–Crippen LogP) is 4.24. The second-order valence-corrected chi connectivity index (χ2v) is 7.20. The van der Waals surface area contributed by atoms with Crippen LogP contribution in [-0.4, -0.2) is 34.9 Å². The molecule has 0 aliphatic carbocycles. The zero-order valence-corrected chi connectivity index (χ0v) is 17.9. The number of alkyl halides is 3. The monoisotopic (exact) mass is 459 g/mol. The molecule has 2 heterocycles. The van der Waals surface area contributed by atoms with Crippen molar-refractivity contribution in [2.75, 3.05) is 24.9 Å². The predicted molar refractivity (Wildman–Crippen MR) is 114 cm³/mol. The normalized spacial score (nSPS) is 15.5. The van der Waals surface area contributed by atoms with E-state index >= 15 is 0 Å². The summed E-state index contributed by atoms with van der Waals surface area (Å²) in [5, 5.41) is 9.76. The van der Waals surface area contributed by atoms with Crippen LogP contribution in [0.3, 0.4) is 0 Å². The number of methoxy groups -OCH3 is 2. The van der Waals surface area contributed by atoms with E-state index in [0.29, 0.717) is 22.9 Å². The number of fused-ring (bicyclic) bond motifs is 1. The van der Waals surface area contributed by atoms with Crippen LogP contribution in [-0.2, 0) is 11.0 Å². The molecule has 0 unspecified atom stereocenters. The molecule has 0 radical (unpaired) electrons. The summed E-state index contributed by atoms with van der Waals surface area (Å²) in [6.45, 7) is 1.60. The Morgan fingerprint density at radius 2 is 1.91 bits per heavy atom. The van der Waals surface area contributed by atoms with Gasteiger partial charge in [-0.2, -0.15) is 23.3 Å². The van der Waals surface area contributed by atoms with Gasteiger partial charge in [0.05, 0.1) is 31.0 Å². The largest absolute Gasteiger partial charge is 0.497 e. The summed E-state index contributed by atoms with van der Waals surface area (Å²) < 4.78 is 53.3. The number of carbonyl (C=O) groups is 1. The van der Waals surface area contributed by atoms with Gasteiger partial charge in [-0.3, -0.25) is 4.79 Å². The van der Waals surface area contributed by atoms with Crippen molar-refractivity contribution in [3.63, 3.8) is 0 Å². The van der Waals surface area contributed by atoms with Gasteiger partial charge in [-0.25, -0.2) is 4.68 Å². The molecule has 8 nitrogen and oxygen atoms in total. The van der Waals surface area contributed by atoms with E-state index in [1.807, 2.05) is 0 Å². The molecule has 11 heteroatoms. The standard InChI is InChI=1S/C22H20F3N5O3/c1-12-18(20(31)29-16-9-8-13(32-2)10-17(16)33-3)19(30-21(28-12)26-11-27-30)14-6-4-5-7-15(14)22(23,24)25/h4-11,19H,1-3H3,(H,29,31)(H,26,27,28)/t19-/m0/s1. The van der Waals surface area contributed by atoms with Crippen molar-refractivity contribution in [2.24, 2.45) is 0 Å². The lowest BCUT2D eigenvalue weighted by molar-refractivity contribution is -0.138. The lowest BCUT2D eigenvalue weighted by Gasteiger charge is -2.30. The van der Waals surface area contributed by atoms with E-state index in [9.17, 15) is 18.0 Å². The van der Waals surface area contributed by atoms with Crippen LogP contribution in [0.4, 0.5) is 24.8 Å². The number of nitrogens with zero attached hydrogens (tertiary/aromatic N) is 3. The van der Waals surface area contributed by atoms with E-state index in [-0.39, 0.29) is 17.1 Å². The molecule has 1 amide bonds. The molecule has 1 aliphatic heterocycles. The quantitative estimate of drug-likeness (QED) is 0.593. The lowest BCUT2D eigenvalue weighted by Crippen LogP contribution is -2.32. The van der Waals surface area contributed by atoms with Crippen LogP contribution >= 0.6 is 0 Å². The fourth-order valence-electron chi connectivity index (χ4n) is 3.76.